The fraction of sp³-hybridized carbons (Fsp3) is 0.111. The van der Waals surface area contributed by atoms with Gasteiger partial charge in [0.05, 0.1) is 28.8 Å². The van der Waals surface area contributed by atoms with E-state index in [0.717, 1.165) is 30.4 Å². The number of nitriles is 2. The number of carboxylic acid groups (broad SMARTS) is 4. The molecule has 0 amide bonds. The van der Waals surface area contributed by atoms with Gasteiger partial charge in [0.15, 0.2) is 0 Å². The minimum Gasteiger partial charge on any atom is -0.480 e. The lowest BCUT2D eigenvalue weighted by Crippen LogP contribution is -2.50. The second-order valence-corrected chi connectivity index (χ2v) is 5.67. The Morgan fingerprint density at radius 3 is 1.96 bits per heavy atom. The van der Waals surface area contributed by atoms with Gasteiger partial charge in [0.2, 0.25) is 5.41 Å². The Bertz CT molecular complexity index is 1050. The number of aromatic carboxylic acids is 1. The SMILES string of the molecule is N#Cc1cc(C(=O)O)ccc1C1=CC=C(C(=O)O)C(C(=O)O)(C(=O)O)C1C#N. The van der Waals surface area contributed by atoms with E-state index in [0.29, 0.717) is 0 Å². The van der Waals surface area contributed by atoms with Crippen molar-refractivity contribution in [2.45, 2.75) is 0 Å². The summed E-state index contributed by atoms with van der Waals surface area (Å²) in [5.74, 6) is -9.29. The standard InChI is InChI=1S/C18H10N2O8/c19-6-9-5-8(14(21)22)1-2-10(9)11-3-4-12(15(23)24)18(16(25)26,17(27)28)13(11)7-20/h1-5,13H,(H,21,22)(H,23,24)(H,25,26)(H,27,28). The number of rotatable bonds is 5. The van der Waals surface area contributed by atoms with Crippen LogP contribution in [0.1, 0.15) is 21.5 Å². The molecule has 1 aliphatic rings. The van der Waals surface area contributed by atoms with E-state index in [-0.39, 0.29) is 22.3 Å². The molecule has 2 rings (SSSR count). The topological polar surface area (TPSA) is 197 Å². The molecule has 10 heteroatoms. The Morgan fingerprint density at radius 2 is 1.54 bits per heavy atom. The van der Waals surface area contributed by atoms with Gasteiger partial charge in [-0.15, -0.1) is 0 Å². The molecule has 1 unspecified atom stereocenters. The predicted octanol–water partition coefficient (Wildman–Crippen LogP) is 0.960. The number of carboxylic acids is 4. The largest absolute Gasteiger partial charge is 0.480 e. The summed E-state index contributed by atoms with van der Waals surface area (Å²) in [6.07, 6.45) is 1.79. The maximum Gasteiger partial charge on any atom is 0.335 e. The number of aliphatic carboxylic acids is 3. The Morgan fingerprint density at radius 1 is 0.929 bits per heavy atom. The summed E-state index contributed by atoms with van der Waals surface area (Å²) in [6, 6.07) is 6.43. The summed E-state index contributed by atoms with van der Waals surface area (Å²) in [7, 11) is 0. The first-order valence-corrected chi connectivity index (χ1v) is 7.42. The third kappa shape index (κ3) is 2.75. The molecule has 4 N–H and O–H groups in total. The van der Waals surface area contributed by atoms with Crippen LogP contribution in [0, 0.1) is 34.0 Å². The monoisotopic (exact) mass is 382 g/mol. The molecule has 0 aromatic heterocycles. The smallest absolute Gasteiger partial charge is 0.335 e. The summed E-state index contributed by atoms with van der Waals surface area (Å²) < 4.78 is 0. The van der Waals surface area contributed by atoms with Crippen LogP contribution in [0.4, 0.5) is 0 Å². The first kappa shape index (κ1) is 19.9. The van der Waals surface area contributed by atoms with E-state index in [2.05, 4.69) is 0 Å². The van der Waals surface area contributed by atoms with E-state index in [1.807, 2.05) is 0 Å². The van der Waals surface area contributed by atoms with Crippen LogP contribution in [-0.4, -0.2) is 44.3 Å². The lowest BCUT2D eigenvalue weighted by Gasteiger charge is -2.34. The second-order valence-electron chi connectivity index (χ2n) is 5.67. The lowest BCUT2D eigenvalue weighted by molar-refractivity contribution is -0.165. The van der Waals surface area contributed by atoms with Gasteiger partial charge < -0.3 is 20.4 Å². The van der Waals surface area contributed by atoms with Crippen molar-refractivity contribution in [1.82, 2.24) is 0 Å². The highest BCUT2D eigenvalue weighted by atomic mass is 16.4. The number of hydrogen-bond donors (Lipinski definition) is 4. The Hall–Kier alpha value is -4.44. The molecule has 0 saturated heterocycles. The highest BCUT2D eigenvalue weighted by Gasteiger charge is 2.61. The average molecular weight is 382 g/mol. The van der Waals surface area contributed by atoms with Gasteiger partial charge in [-0.1, -0.05) is 12.1 Å². The molecule has 0 radical (unpaired) electrons. The molecule has 1 atom stereocenters. The van der Waals surface area contributed by atoms with Crippen LogP contribution in [0.15, 0.2) is 35.9 Å². The molecule has 140 valence electrons. The van der Waals surface area contributed by atoms with E-state index < -0.39 is 40.8 Å². The molecule has 0 aliphatic heterocycles. The first-order valence-electron chi connectivity index (χ1n) is 7.42. The number of nitrogens with zero attached hydrogens (tertiary/aromatic N) is 2. The highest BCUT2D eigenvalue weighted by Crippen LogP contribution is 2.47. The summed E-state index contributed by atoms with van der Waals surface area (Å²) >= 11 is 0. The molecule has 10 nitrogen and oxygen atoms in total. The summed E-state index contributed by atoms with van der Waals surface area (Å²) in [6.45, 7) is 0. The Labute approximate surface area is 156 Å². The number of allylic oxidation sites excluding steroid dienone is 3. The average Bonchev–Trinajstić information content (AvgIpc) is 2.65. The van der Waals surface area contributed by atoms with Crippen molar-refractivity contribution in [3.63, 3.8) is 0 Å². The van der Waals surface area contributed by atoms with Crippen LogP contribution in [0.3, 0.4) is 0 Å². The zero-order chi connectivity index (χ0) is 21.2. The van der Waals surface area contributed by atoms with Gasteiger partial charge in [-0.2, -0.15) is 10.5 Å². The van der Waals surface area contributed by atoms with Gasteiger partial charge in [0, 0.05) is 0 Å². The predicted molar refractivity (Wildman–Crippen MR) is 88.6 cm³/mol. The van der Waals surface area contributed by atoms with E-state index in [1.54, 1.807) is 6.07 Å². The van der Waals surface area contributed by atoms with Gasteiger partial charge in [-0.05, 0) is 29.3 Å². The molecule has 1 aromatic rings. The van der Waals surface area contributed by atoms with Crippen LogP contribution >= 0.6 is 0 Å². The Kier molecular flexibility index (Phi) is 5.01. The van der Waals surface area contributed by atoms with E-state index >= 15 is 0 Å². The normalized spacial score (nSPS) is 17.3. The summed E-state index contributed by atoms with van der Waals surface area (Å²) in [5, 5.41) is 56.3. The highest BCUT2D eigenvalue weighted by molar-refractivity contribution is 6.13. The molecule has 1 aliphatic carbocycles. The fourth-order valence-electron chi connectivity index (χ4n) is 3.03. The molecular formula is C18H10N2O8. The second kappa shape index (κ2) is 7.05. The van der Waals surface area contributed by atoms with Crippen molar-refractivity contribution in [1.29, 1.82) is 10.5 Å². The molecule has 0 spiro atoms. The minimum absolute atomic E-state index is 0.0772. The van der Waals surface area contributed by atoms with Crippen molar-refractivity contribution >= 4 is 29.5 Å². The maximum atomic E-state index is 11.9. The van der Waals surface area contributed by atoms with Crippen LogP contribution in [0.25, 0.3) is 5.57 Å². The zero-order valence-electron chi connectivity index (χ0n) is 13.8. The van der Waals surface area contributed by atoms with Crippen molar-refractivity contribution in [3.05, 3.63) is 52.6 Å². The molecular weight excluding hydrogens is 372 g/mol. The van der Waals surface area contributed by atoms with Crippen LogP contribution in [-0.2, 0) is 14.4 Å². The van der Waals surface area contributed by atoms with Gasteiger partial charge >= 0.3 is 23.9 Å². The molecule has 0 heterocycles. The van der Waals surface area contributed by atoms with Crippen LogP contribution in [0.5, 0.6) is 0 Å². The van der Waals surface area contributed by atoms with Crippen molar-refractivity contribution in [3.8, 4) is 12.1 Å². The third-order valence-electron chi connectivity index (χ3n) is 4.33. The van der Waals surface area contributed by atoms with Crippen molar-refractivity contribution in [2.75, 3.05) is 0 Å². The van der Waals surface area contributed by atoms with Gasteiger partial charge in [0.25, 0.3) is 0 Å². The molecule has 0 fully saturated rings. The molecule has 0 bridgehead atoms. The number of benzene rings is 1. The summed E-state index contributed by atoms with van der Waals surface area (Å²) in [5.41, 5.74) is -4.96. The Balaban J connectivity index is 2.87. The van der Waals surface area contributed by atoms with Crippen LogP contribution < -0.4 is 0 Å². The first-order chi connectivity index (χ1) is 13.1. The van der Waals surface area contributed by atoms with E-state index in [4.69, 9.17) is 5.11 Å². The van der Waals surface area contributed by atoms with Crippen LogP contribution in [0.2, 0.25) is 0 Å². The van der Waals surface area contributed by atoms with Crippen molar-refractivity contribution < 1.29 is 39.6 Å². The van der Waals surface area contributed by atoms with Gasteiger partial charge in [-0.25, -0.2) is 9.59 Å². The number of hydrogen-bond acceptors (Lipinski definition) is 6. The molecule has 1 aromatic carbocycles. The van der Waals surface area contributed by atoms with E-state index in [1.165, 1.54) is 6.07 Å². The number of carbonyl (C=O) groups is 4. The maximum absolute atomic E-state index is 11.9. The lowest BCUT2D eigenvalue weighted by atomic mass is 9.63. The molecule has 28 heavy (non-hydrogen) atoms. The van der Waals surface area contributed by atoms with E-state index in [9.17, 15) is 45.0 Å². The summed E-state index contributed by atoms with van der Waals surface area (Å²) in [4.78, 5) is 46.3. The fourth-order valence-corrected chi connectivity index (χ4v) is 3.03. The van der Waals surface area contributed by atoms with Crippen molar-refractivity contribution in [2.24, 2.45) is 11.3 Å². The quantitative estimate of drug-likeness (QED) is 0.532. The van der Waals surface area contributed by atoms with Gasteiger partial charge in [-0.3, -0.25) is 9.59 Å². The zero-order valence-corrected chi connectivity index (χ0v) is 13.8. The van der Waals surface area contributed by atoms with Gasteiger partial charge in [0.1, 0.15) is 5.92 Å². The molecule has 0 saturated carbocycles. The third-order valence-corrected chi connectivity index (χ3v) is 4.33. The minimum atomic E-state index is -3.12.